The third kappa shape index (κ3) is 1.65. The van der Waals surface area contributed by atoms with E-state index >= 15 is 0 Å². The molecule has 1 N–H and O–H groups in total. The molecule has 0 aliphatic heterocycles. The highest BCUT2D eigenvalue weighted by Crippen LogP contribution is 2.38. The Morgan fingerprint density at radius 1 is 1.33 bits per heavy atom. The van der Waals surface area contributed by atoms with E-state index in [0.717, 1.165) is 36.0 Å². The summed E-state index contributed by atoms with van der Waals surface area (Å²) in [6.07, 6.45) is 2.65. The lowest BCUT2D eigenvalue weighted by Gasteiger charge is -2.06. The second-order valence-electron chi connectivity index (χ2n) is 4.63. The molecule has 3 rings (SSSR count). The minimum Gasteiger partial charge on any atom is -0.461 e. The first-order chi connectivity index (χ1) is 7.15. The number of benzene rings is 1. The number of hydrogen-bond donors (Lipinski definition) is 1. The molecule has 2 nitrogen and oxygen atoms in total. The molecule has 15 heavy (non-hydrogen) atoms. The number of aryl methyl sites for hydroxylation is 1. The smallest absolute Gasteiger partial charge is 0.134 e. The summed E-state index contributed by atoms with van der Waals surface area (Å²) >= 11 is 0. The number of furan rings is 1. The van der Waals surface area contributed by atoms with Gasteiger partial charge in [-0.1, -0.05) is 6.07 Å². The van der Waals surface area contributed by atoms with Crippen molar-refractivity contribution < 1.29 is 9.52 Å². The number of rotatable bonds is 2. The minimum absolute atomic E-state index is 0.410. The van der Waals surface area contributed by atoms with Crippen LogP contribution in [0.1, 0.15) is 24.2 Å². The second kappa shape index (κ2) is 2.86. The highest BCUT2D eigenvalue weighted by atomic mass is 16.3. The first-order valence-corrected chi connectivity index (χ1v) is 5.36. The zero-order chi connectivity index (χ0) is 10.5. The molecular weight excluding hydrogens is 188 g/mol. The van der Waals surface area contributed by atoms with Crippen molar-refractivity contribution in [2.75, 3.05) is 0 Å². The van der Waals surface area contributed by atoms with Crippen LogP contribution >= 0.6 is 0 Å². The van der Waals surface area contributed by atoms with Gasteiger partial charge in [-0.05, 0) is 43.5 Å². The van der Waals surface area contributed by atoms with Crippen molar-refractivity contribution in [2.24, 2.45) is 0 Å². The standard InChI is InChI=1S/C13H14O2/c1-9-6-11-7-10(2-3-12(11)15-9)8-13(14)4-5-13/h2-3,6-7,14H,4-5,8H2,1H3. The van der Waals surface area contributed by atoms with Crippen molar-refractivity contribution in [3.8, 4) is 0 Å². The Balaban J connectivity index is 1.98. The van der Waals surface area contributed by atoms with E-state index < -0.39 is 5.60 Å². The number of hydrogen-bond acceptors (Lipinski definition) is 2. The minimum atomic E-state index is -0.410. The average molecular weight is 202 g/mol. The van der Waals surface area contributed by atoms with Crippen LogP contribution in [0.25, 0.3) is 11.0 Å². The molecular formula is C13H14O2. The van der Waals surface area contributed by atoms with Crippen LogP contribution in [0.5, 0.6) is 0 Å². The summed E-state index contributed by atoms with van der Waals surface area (Å²) in [6.45, 7) is 1.95. The van der Waals surface area contributed by atoms with Crippen molar-refractivity contribution >= 4 is 11.0 Å². The van der Waals surface area contributed by atoms with Gasteiger partial charge in [0.2, 0.25) is 0 Å². The molecule has 1 aliphatic carbocycles. The first kappa shape index (κ1) is 8.98. The van der Waals surface area contributed by atoms with Gasteiger partial charge in [-0.25, -0.2) is 0 Å². The van der Waals surface area contributed by atoms with Gasteiger partial charge in [0.1, 0.15) is 11.3 Å². The zero-order valence-electron chi connectivity index (χ0n) is 8.79. The Hall–Kier alpha value is -1.28. The summed E-state index contributed by atoms with van der Waals surface area (Å²) in [7, 11) is 0. The monoisotopic (exact) mass is 202 g/mol. The van der Waals surface area contributed by atoms with Gasteiger partial charge in [-0.2, -0.15) is 0 Å². The lowest BCUT2D eigenvalue weighted by molar-refractivity contribution is 0.151. The maximum atomic E-state index is 9.84. The second-order valence-corrected chi connectivity index (χ2v) is 4.63. The lowest BCUT2D eigenvalue weighted by atomic mass is 10.1. The van der Waals surface area contributed by atoms with E-state index in [0.29, 0.717) is 0 Å². The fourth-order valence-corrected chi connectivity index (χ4v) is 2.04. The predicted octanol–water partition coefficient (Wildman–Crippen LogP) is 2.81. The zero-order valence-corrected chi connectivity index (χ0v) is 8.79. The van der Waals surface area contributed by atoms with Crippen LogP contribution in [0.4, 0.5) is 0 Å². The van der Waals surface area contributed by atoms with E-state index in [1.165, 1.54) is 5.56 Å². The molecule has 0 atom stereocenters. The molecule has 1 saturated carbocycles. The van der Waals surface area contributed by atoms with E-state index in [-0.39, 0.29) is 0 Å². The van der Waals surface area contributed by atoms with Crippen LogP contribution in [0.15, 0.2) is 28.7 Å². The van der Waals surface area contributed by atoms with Crippen LogP contribution in [-0.4, -0.2) is 10.7 Å². The topological polar surface area (TPSA) is 33.4 Å². The van der Waals surface area contributed by atoms with Gasteiger partial charge < -0.3 is 9.52 Å². The molecule has 0 bridgehead atoms. The van der Waals surface area contributed by atoms with E-state index in [9.17, 15) is 5.11 Å². The van der Waals surface area contributed by atoms with Crippen molar-refractivity contribution in [1.29, 1.82) is 0 Å². The third-order valence-corrected chi connectivity index (χ3v) is 3.06. The highest BCUT2D eigenvalue weighted by Gasteiger charge is 2.40. The number of aliphatic hydroxyl groups is 1. The van der Waals surface area contributed by atoms with Gasteiger partial charge in [0.15, 0.2) is 0 Å². The van der Waals surface area contributed by atoms with E-state index in [4.69, 9.17) is 4.42 Å². The van der Waals surface area contributed by atoms with Crippen LogP contribution < -0.4 is 0 Å². The molecule has 2 aromatic rings. The van der Waals surface area contributed by atoms with E-state index in [1.807, 2.05) is 25.1 Å². The molecule has 2 heteroatoms. The molecule has 0 spiro atoms. The van der Waals surface area contributed by atoms with Gasteiger partial charge >= 0.3 is 0 Å². The van der Waals surface area contributed by atoms with Crippen molar-refractivity contribution in [1.82, 2.24) is 0 Å². The molecule has 78 valence electrons. The van der Waals surface area contributed by atoms with Crippen LogP contribution in [0, 0.1) is 6.92 Å². The van der Waals surface area contributed by atoms with Crippen molar-refractivity contribution in [2.45, 2.75) is 31.8 Å². The highest BCUT2D eigenvalue weighted by molar-refractivity contribution is 5.78. The SMILES string of the molecule is Cc1cc2cc(CC3(O)CC3)ccc2o1. The fraction of sp³-hybridized carbons (Fsp3) is 0.385. The summed E-state index contributed by atoms with van der Waals surface area (Å²) in [6, 6.07) is 8.18. The lowest BCUT2D eigenvalue weighted by Crippen LogP contribution is -2.10. The Labute approximate surface area is 88.5 Å². The quantitative estimate of drug-likeness (QED) is 0.812. The Morgan fingerprint density at radius 3 is 2.87 bits per heavy atom. The van der Waals surface area contributed by atoms with Crippen molar-refractivity contribution in [3.05, 3.63) is 35.6 Å². The normalized spacial score (nSPS) is 18.3. The molecule has 1 aliphatic rings. The van der Waals surface area contributed by atoms with Crippen LogP contribution in [0.2, 0.25) is 0 Å². The first-order valence-electron chi connectivity index (χ1n) is 5.36. The largest absolute Gasteiger partial charge is 0.461 e. The molecule has 0 radical (unpaired) electrons. The average Bonchev–Trinajstić information content (AvgIpc) is 2.76. The molecule has 0 amide bonds. The maximum Gasteiger partial charge on any atom is 0.134 e. The maximum absolute atomic E-state index is 9.84. The molecule has 1 heterocycles. The Bertz CT molecular complexity index is 506. The summed E-state index contributed by atoms with van der Waals surface area (Å²) in [5, 5.41) is 11.0. The third-order valence-electron chi connectivity index (χ3n) is 3.06. The molecule has 1 aromatic heterocycles. The van der Waals surface area contributed by atoms with Gasteiger partial charge in [0, 0.05) is 11.8 Å². The number of fused-ring (bicyclic) bond motifs is 1. The van der Waals surface area contributed by atoms with Gasteiger partial charge in [0.05, 0.1) is 5.60 Å². The van der Waals surface area contributed by atoms with Crippen molar-refractivity contribution in [3.63, 3.8) is 0 Å². The summed E-state index contributed by atoms with van der Waals surface area (Å²) < 4.78 is 5.51. The van der Waals surface area contributed by atoms with Crippen LogP contribution in [-0.2, 0) is 6.42 Å². The summed E-state index contributed by atoms with van der Waals surface area (Å²) in [5.74, 6) is 0.937. The molecule has 0 saturated heterocycles. The Kier molecular flexibility index (Phi) is 1.71. The van der Waals surface area contributed by atoms with Gasteiger partial charge in [0.25, 0.3) is 0 Å². The summed E-state index contributed by atoms with van der Waals surface area (Å²) in [4.78, 5) is 0. The fourth-order valence-electron chi connectivity index (χ4n) is 2.04. The van der Waals surface area contributed by atoms with E-state index in [1.54, 1.807) is 0 Å². The van der Waals surface area contributed by atoms with E-state index in [2.05, 4.69) is 6.07 Å². The molecule has 0 unspecified atom stereocenters. The summed E-state index contributed by atoms with van der Waals surface area (Å²) in [5.41, 5.74) is 1.72. The van der Waals surface area contributed by atoms with Gasteiger partial charge in [-0.15, -0.1) is 0 Å². The van der Waals surface area contributed by atoms with Gasteiger partial charge in [-0.3, -0.25) is 0 Å². The predicted molar refractivity (Wildman–Crippen MR) is 58.8 cm³/mol. The molecule has 1 fully saturated rings. The Morgan fingerprint density at radius 2 is 2.13 bits per heavy atom. The molecule has 1 aromatic carbocycles. The van der Waals surface area contributed by atoms with Crippen LogP contribution in [0.3, 0.4) is 0 Å².